The number of hydrogen-bond donors (Lipinski definition) is 1. The van der Waals surface area contributed by atoms with Crippen molar-refractivity contribution in [1.82, 2.24) is 19.8 Å². The van der Waals surface area contributed by atoms with Crippen LogP contribution in [0.15, 0.2) is 6.33 Å². The van der Waals surface area contributed by atoms with E-state index in [4.69, 9.17) is 0 Å². The van der Waals surface area contributed by atoms with Crippen molar-refractivity contribution in [3.05, 3.63) is 17.7 Å². The number of carbonyl (C=O) groups is 1. The molecule has 0 unspecified atom stereocenters. The lowest BCUT2D eigenvalue weighted by Crippen LogP contribution is -2.45. The minimum Gasteiger partial charge on any atom is -0.355 e. The standard InChI is InChI=1S/C16H26N4O/c1-11(2)20-8-13(15-14(9-20)18-10-19(15)3)16(21)17-7-12-5-4-6-12/h10-13H,4-9H2,1-3H3,(H,17,21)/t13-/m0/s1. The molecule has 0 radical (unpaired) electrons. The van der Waals surface area contributed by atoms with Gasteiger partial charge in [0.1, 0.15) is 0 Å². The molecule has 1 fully saturated rings. The lowest BCUT2D eigenvalue weighted by molar-refractivity contribution is -0.124. The zero-order valence-electron chi connectivity index (χ0n) is 13.3. The number of amides is 1. The molecule has 1 aliphatic carbocycles. The van der Waals surface area contributed by atoms with E-state index in [9.17, 15) is 4.79 Å². The van der Waals surface area contributed by atoms with E-state index in [1.54, 1.807) is 0 Å². The molecule has 0 spiro atoms. The van der Waals surface area contributed by atoms with Gasteiger partial charge >= 0.3 is 0 Å². The van der Waals surface area contributed by atoms with Crippen molar-refractivity contribution in [3.8, 4) is 0 Å². The number of imidazole rings is 1. The Kier molecular flexibility index (Phi) is 4.02. The summed E-state index contributed by atoms with van der Waals surface area (Å²) in [5.41, 5.74) is 2.15. The molecule has 1 saturated carbocycles. The van der Waals surface area contributed by atoms with E-state index in [2.05, 4.69) is 29.0 Å². The Labute approximate surface area is 126 Å². The second-order valence-corrected chi connectivity index (χ2v) is 6.81. The predicted octanol–water partition coefficient (Wildman–Crippen LogP) is 1.64. The first-order valence-electron chi connectivity index (χ1n) is 8.08. The summed E-state index contributed by atoms with van der Waals surface area (Å²) in [5.74, 6) is 0.769. The quantitative estimate of drug-likeness (QED) is 0.917. The number of nitrogens with zero attached hydrogens (tertiary/aromatic N) is 3. The molecule has 3 rings (SSSR count). The molecule has 1 N–H and O–H groups in total. The maximum Gasteiger partial charge on any atom is 0.230 e. The molecule has 21 heavy (non-hydrogen) atoms. The summed E-state index contributed by atoms with van der Waals surface area (Å²) in [4.78, 5) is 19.5. The summed E-state index contributed by atoms with van der Waals surface area (Å²) in [6, 6.07) is 0.432. The van der Waals surface area contributed by atoms with Gasteiger partial charge in [-0.2, -0.15) is 0 Å². The largest absolute Gasteiger partial charge is 0.355 e. The molecule has 5 heteroatoms. The van der Waals surface area contributed by atoms with Gasteiger partial charge in [-0.25, -0.2) is 4.98 Å². The topological polar surface area (TPSA) is 50.2 Å². The maximum atomic E-state index is 12.6. The molecule has 1 aromatic rings. The van der Waals surface area contributed by atoms with E-state index in [1.165, 1.54) is 19.3 Å². The molecule has 1 aliphatic heterocycles. The molecule has 2 aliphatic rings. The van der Waals surface area contributed by atoms with E-state index in [1.807, 2.05) is 17.9 Å². The Hall–Kier alpha value is -1.36. The highest BCUT2D eigenvalue weighted by Crippen LogP contribution is 2.29. The Morgan fingerprint density at radius 1 is 1.48 bits per heavy atom. The number of aryl methyl sites for hydroxylation is 1. The summed E-state index contributed by atoms with van der Waals surface area (Å²) in [7, 11) is 1.99. The first-order chi connectivity index (χ1) is 10.1. The van der Waals surface area contributed by atoms with Gasteiger partial charge in [0, 0.05) is 32.7 Å². The molecule has 1 atom stereocenters. The average molecular weight is 290 g/mol. The van der Waals surface area contributed by atoms with E-state index >= 15 is 0 Å². The van der Waals surface area contributed by atoms with Gasteiger partial charge in [-0.15, -0.1) is 0 Å². The van der Waals surface area contributed by atoms with Crippen LogP contribution in [0.1, 0.15) is 50.4 Å². The van der Waals surface area contributed by atoms with Crippen LogP contribution < -0.4 is 5.32 Å². The Morgan fingerprint density at radius 2 is 2.24 bits per heavy atom. The molecule has 0 aromatic carbocycles. The highest BCUT2D eigenvalue weighted by Gasteiger charge is 2.34. The van der Waals surface area contributed by atoms with Gasteiger partial charge in [0.15, 0.2) is 0 Å². The minimum atomic E-state index is -0.0938. The fraction of sp³-hybridized carbons (Fsp3) is 0.750. The molecular weight excluding hydrogens is 264 g/mol. The van der Waals surface area contributed by atoms with Crippen molar-refractivity contribution in [2.45, 2.75) is 51.6 Å². The van der Waals surface area contributed by atoms with Crippen LogP contribution in [-0.4, -0.2) is 39.5 Å². The van der Waals surface area contributed by atoms with Gasteiger partial charge in [-0.05, 0) is 32.6 Å². The predicted molar refractivity (Wildman–Crippen MR) is 81.8 cm³/mol. The van der Waals surface area contributed by atoms with Crippen LogP contribution in [0.4, 0.5) is 0 Å². The monoisotopic (exact) mass is 290 g/mol. The van der Waals surface area contributed by atoms with Crippen LogP contribution in [0, 0.1) is 5.92 Å². The molecular formula is C16H26N4O. The zero-order valence-corrected chi connectivity index (χ0v) is 13.3. The van der Waals surface area contributed by atoms with E-state index in [0.717, 1.165) is 31.0 Å². The summed E-state index contributed by atoms with van der Waals surface area (Å²) >= 11 is 0. The third-order valence-corrected chi connectivity index (χ3v) is 5.00. The molecule has 0 bridgehead atoms. The van der Waals surface area contributed by atoms with Gasteiger partial charge < -0.3 is 9.88 Å². The van der Waals surface area contributed by atoms with Crippen molar-refractivity contribution in [2.75, 3.05) is 13.1 Å². The van der Waals surface area contributed by atoms with E-state index in [-0.39, 0.29) is 11.8 Å². The summed E-state index contributed by atoms with van der Waals surface area (Å²) in [5, 5.41) is 3.16. The summed E-state index contributed by atoms with van der Waals surface area (Å²) < 4.78 is 2.01. The number of hydrogen-bond acceptors (Lipinski definition) is 3. The maximum absolute atomic E-state index is 12.6. The van der Waals surface area contributed by atoms with Crippen molar-refractivity contribution in [2.24, 2.45) is 13.0 Å². The van der Waals surface area contributed by atoms with Crippen molar-refractivity contribution >= 4 is 5.91 Å². The number of nitrogens with one attached hydrogen (secondary N) is 1. The fourth-order valence-corrected chi connectivity index (χ4v) is 3.30. The van der Waals surface area contributed by atoms with Crippen molar-refractivity contribution in [3.63, 3.8) is 0 Å². The van der Waals surface area contributed by atoms with Crippen LogP contribution in [0.25, 0.3) is 0 Å². The minimum absolute atomic E-state index is 0.0938. The third kappa shape index (κ3) is 2.84. The highest BCUT2D eigenvalue weighted by molar-refractivity contribution is 5.84. The van der Waals surface area contributed by atoms with Crippen molar-refractivity contribution in [1.29, 1.82) is 0 Å². The molecule has 1 aromatic heterocycles. The second kappa shape index (κ2) is 5.79. The number of fused-ring (bicyclic) bond motifs is 1. The van der Waals surface area contributed by atoms with Crippen LogP contribution in [0.2, 0.25) is 0 Å². The van der Waals surface area contributed by atoms with Crippen LogP contribution in [0.3, 0.4) is 0 Å². The van der Waals surface area contributed by atoms with E-state index < -0.39 is 0 Å². The lowest BCUT2D eigenvalue weighted by atomic mass is 9.85. The van der Waals surface area contributed by atoms with Crippen LogP contribution >= 0.6 is 0 Å². The molecule has 2 heterocycles. The first kappa shape index (κ1) is 14.6. The van der Waals surface area contributed by atoms with Crippen LogP contribution in [0.5, 0.6) is 0 Å². The normalized spacial score (nSPS) is 23.0. The van der Waals surface area contributed by atoms with Gasteiger partial charge in [0.2, 0.25) is 5.91 Å². The zero-order chi connectivity index (χ0) is 15.0. The van der Waals surface area contributed by atoms with Crippen molar-refractivity contribution < 1.29 is 4.79 Å². The second-order valence-electron chi connectivity index (χ2n) is 6.81. The number of carbonyl (C=O) groups excluding carboxylic acids is 1. The smallest absolute Gasteiger partial charge is 0.230 e. The summed E-state index contributed by atoms with van der Waals surface area (Å²) in [6.07, 6.45) is 5.68. The first-order valence-corrected chi connectivity index (χ1v) is 8.08. The number of rotatable bonds is 4. The molecule has 0 saturated heterocycles. The molecule has 116 valence electrons. The highest BCUT2D eigenvalue weighted by atomic mass is 16.1. The Morgan fingerprint density at radius 3 is 2.86 bits per heavy atom. The Bertz CT molecular complexity index is 518. The lowest BCUT2D eigenvalue weighted by Gasteiger charge is -2.35. The van der Waals surface area contributed by atoms with Crippen LogP contribution in [-0.2, 0) is 18.4 Å². The summed E-state index contributed by atoms with van der Waals surface area (Å²) in [6.45, 7) is 6.83. The molecule has 1 amide bonds. The van der Waals surface area contributed by atoms with Gasteiger partial charge in [-0.3, -0.25) is 9.69 Å². The third-order valence-electron chi connectivity index (χ3n) is 5.00. The van der Waals surface area contributed by atoms with Gasteiger partial charge in [0.25, 0.3) is 0 Å². The fourth-order valence-electron chi connectivity index (χ4n) is 3.30. The number of aromatic nitrogens is 2. The van der Waals surface area contributed by atoms with E-state index in [0.29, 0.717) is 12.0 Å². The Balaban J connectivity index is 1.74. The van der Waals surface area contributed by atoms with Gasteiger partial charge in [0.05, 0.1) is 23.6 Å². The average Bonchev–Trinajstić information content (AvgIpc) is 2.77. The van der Waals surface area contributed by atoms with Gasteiger partial charge in [-0.1, -0.05) is 6.42 Å². The SMILES string of the molecule is CC(C)N1Cc2ncn(C)c2[C@@H](C(=O)NCC2CCC2)C1. The molecule has 5 nitrogen and oxygen atoms in total.